The third-order valence-corrected chi connectivity index (χ3v) is 4.71. The van der Waals surface area contributed by atoms with Crippen LogP contribution in [0.2, 0.25) is 0 Å². The van der Waals surface area contributed by atoms with Gasteiger partial charge >= 0.3 is 0 Å². The van der Waals surface area contributed by atoms with Crippen LogP contribution in [0.5, 0.6) is 0 Å². The molecule has 1 unspecified atom stereocenters. The van der Waals surface area contributed by atoms with Crippen LogP contribution in [0.15, 0.2) is 18.2 Å². The van der Waals surface area contributed by atoms with Crippen LogP contribution in [0.4, 0.5) is 8.78 Å². The molecule has 4 heteroatoms. The molecule has 0 aromatic heterocycles. The zero-order chi connectivity index (χ0) is 13.9. The fourth-order valence-corrected chi connectivity index (χ4v) is 3.41. The Hall–Kier alpha value is -1.00. The Morgan fingerprint density at radius 3 is 2.32 bits per heavy atom. The molecule has 0 radical (unpaired) electrons. The van der Waals surface area contributed by atoms with Gasteiger partial charge in [0.2, 0.25) is 0 Å². The van der Waals surface area contributed by atoms with Gasteiger partial charge < -0.3 is 0 Å². The molecule has 0 saturated heterocycles. The van der Waals surface area contributed by atoms with E-state index >= 15 is 0 Å². The number of rotatable bonds is 5. The number of benzene rings is 1. The van der Waals surface area contributed by atoms with E-state index in [-0.39, 0.29) is 17.0 Å². The van der Waals surface area contributed by atoms with Gasteiger partial charge in [-0.2, -0.15) is 0 Å². The zero-order valence-corrected chi connectivity index (χ0v) is 11.4. The van der Waals surface area contributed by atoms with E-state index in [2.05, 4.69) is 12.3 Å². The molecule has 0 bridgehead atoms. The van der Waals surface area contributed by atoms with Gasteiger partial charge in [0.25, 0.3) is 0 Å². The molecule has 0 amide bonds. The molecule has 2 rings (SSSR count). The number of nitrogens with two attached hydrogens (primary N) is 1. The summed E-state index contributed by atoms with van der Waals surface area (Å²) >= 11 is 0. The van der Waals surface area contributed by atoms with Crippen molar-refractivity contribution in [2.24, 2.45) is 11.3 Å². The lowest BCUT2D eigenvalue weighted by Crippen LogP contribution is -2.48. The summed E-state index contributed by atoms with van der Waals surface area (Å²) in [7, 11) is 0. The molecule has 106 valence electrons. The molecule has 3 N–H and O–H groups in total. The van der Waals surface area contributed by atoms with Crippen LogP contribution in [0, 0.1) is 17.0 Å². The van der Waals surface area contributed by atoms with Crippen molar-refractivity contribution in [3.8, 4) is 0 Å². The molecule has 0 heterocycles. The number of hydrogen-bond donors (Lipinski definition) is 2. The van der Waals surface area contributed by atoms with Gasteiger partial charge in [-0.1, -0.05) is 25.8 Å². The third-order valence-electron chi connectivity index (χ3n) is 4.71. The molecule has 1 fully saturated rings. The van der Waals surface area contributed by atoms with Crippen LogP contribution in [0.25, 0.3) is 0 Å². The zero-order valence-electron chi connectivity index (χ0n) is 11.4. The molecule has 1 aromatic carbocycles. The lowest BCUT2D eigenvalue weighted by molar-refractivity contribution is 0.183. The summed E-state index contributed by atoms with van der Waals surface area (Å²) in [6.07, 6.45) is 5.79. The SMILES string of the molecule is CCC1(C(Cc2c(F)cccc2F)NN)CCCC1. The second-order valence-corrected chi connectivity index (χ2v) is 5.55. The van der Waals surface area contributed by atoms with E-state index in [1.807, 2.05) is 0 Å². The number of halogens is 2. The maximum Gasteiger partial charge on any atom is 0.129 e. The predicted octanol–water partition coefficient (Wildman–Crippen LogP) is 3.31. The van der Waals surface area contributed by atoms with Gasteiger partial charge in [-0.05, 0) is 43.2 Å². The van der Waals surface area contributed by atoms with Crippen molar-refractivity contribution in [1.29, 1.82) is 0 Å². The molecule has 1 aromatic rings. The van der Waals surface area contributed by atoms with Crippen molar-refractivity contribution in [3.63, 3.8) is 0 Å². The summed E-state index contributed by atoms with van der Waals surface area (Å²) in [5, 5.41) is 0. The first-order valence-electron chi connectivity index (χ1n) is 7.02. The minimum Gasteiger partial charge on any atom is -0.271 e. The maximum absolute atomic E-state index is 13.8. The first kappa shape index (κ1) is 14.4. The fraction of sp³-hybridized carbons (Fsp3) is 0.600. The Balaban J connectivity index is 2.24. The Morgan fingerprint density at radius 2 is 1.84 bits per heavy atom. The third kappa shape index (κ3) is 2.79. The minimum absolute atomic E-state index is 0.0729. The lowest BCUT2D eigenvalue weighted by atomic mass is 9.74. The summed E-state index contributed by atoms with van der Waals surface area (Å²) in [5.74, 6) is 4.70. The van der Waals surface area contributed by atoms with E-state index in [4.69, 9.17) is 5.84 Å². The van der Waals surface area contributed by atoms with Gasteiger partial charge in [-0.25, -0.2) is 8.78 Å². The van der Waals surface area contributed by atoms with Crippen molar-refractivity contribution >= 4 is 0 Å². The second-order valence-electron chi connectivity index (χ2n) is 5.55. The van der Waals surface area contributed by atoms with Crippen LogP contribution in [-0.2, 0) is 6.42 Å². The van der Waals surface area contributed by atoms with E-state index < -0.39 is 11.6 Å². The highest BCUT2D eigenvalue weighted by Gasteiger charge is 2.39. The van der Waals surface area contributed by atoms with E-state index in [9.17, 15) is 8.78 Å². The topological polar surface area (TPSA) is 38.0 Å². The maximum atomic E-state index is 13.8. The van der Waals surface area contributed by atoms with Gasteiger partial charge in [0.05, 0.1) is 0 Å². The Kier molecular flexibility index (Phi) is 4.53. The summed E-state index contributed by atoms with van der Waals surface area (Å²) in [6.45, 7) is 2.13. The van der Waals surface area contributed by atoms with Gasteiger partial charge in [0.15, 0.2) is 0 Å². The van der Waals surface area contributed by atoms with Crippen molar-refractivity contribution < 1.29 is 8.78 Å². The Labute approximate surface area is 113 Å². The molecule has 1 aliphatic rings. The van der Waals surface area contributed by atoms with Gasteiger partial charge in [-0.15, -0.1) is 0 Å². The summed E-state index contributed by atoms with van der Waals surface area (Å²) in [6, 6.07) is 3.93. The first-order chi connectivity index (χ1) is 9.13. The van der Waals surface area contributed by atoms with E-state index in [1.54, 1.807) is 0 Å². The number of hydrazine groups is 1. The Bertz CT molecular complexity index is 408. The molecular weight excluding hydrogens is 246 g/mol. The minimum atomic E-state index is -0.482. The lowest BCUT2D eigenvalue weighted by Gasteiger charge is -2.36. The van der Waals surface area contributed by atoms with E-state index in [1.165, 1.54) is 31.0 Å². The monoisotopic (exact) mass is 268 g/mol. The van der Waals surface area contributed by atoms with Crippen molar-refractivity contribution in [1.82, 2.24) is 5.43 Å². The van der Waals surface area contributed by atoms with Crippen LogP contribution in [-0.4, -0.2) is 6.04 Å². The molecule has 0 spiro atoms. The standard InChI is InChI=1S/C15H22F2N2/c1-2-15(8-3-4-9-15)14(19-18)10-11-12(16)6-5-7-13(11)17/h5-7,14,19H,2-4,8-10,18H2,1H3. The summed E-state index contributed by atoms with van der Waals surface area (Å²) in [5.41, 5.74) is 3.02. The fourth-order valence-electron chi connectivity index (χ4n) is 3.41. The van der Waals surface area contributed by atoms with Crippen molar-refractivity contribution in [3.05, 3.63) is 35.4 Å². The molecule has 1 saturated carbocycles. The number of nitrogens with one attached hydrogen (secondary N) is 1. The van der Waals surface area contributed by atoms with E-state index in [0.29, 0.717) is 6.42 Å². The van der Waals surface area contributed by atoms with Crippen LogP contribution < -0.4 is 11.3 Å². The van der Waals surface area contributed by atoms with Gasteiger partial charge in [-0.3, -0.25) is 11.3 Å². The molecule has 1 atom stereocenters. The largest absolute Gasteiger partial charge is 0.271 e. The quantitative estimate of drug-likeness (QED) is 0.635. The van der Waals surface area contributed by atoms with Crippen molar-refractivity contribution in [2.45, 2.75) is 51.5 Å². The second kappa shape index (κ2) is 5.97. The molecular formula is C15H22F2N2. The van der Waals surface area contributed by atoms with Crippen molar-refractivity contribution in [2.75, 3.05) is 0 Å². The van der Waals surface area contributed by atoms with Crippen LogP contribution in [0.1, 0.15) is 44.6 Å². The Morgan fingerprint density at radius 1 is 1.26 bits per heavy atom. The smallest absolute Gasteiger partial charge is 0.129 e. The highest BCUT2D eigenvalue weighted by molar-refractivity contribution is 5.21. The first-order valence-corrected chi connectivity index (χ1v) is 7.02. The summed E-state index contributed by atoms with van der Waals surface area (Å²) in [4.78, 5) is 0. The molecule has 1 aliphatic carbocycles. The average Bonchev–Trinajstić information content (AvgIpc) is 2.88. The average molecular weight is 268 g/mol. The highest BCUT2D eigenvalue weighted by Crippen LogP contribution is 2.44. The van der Waals surface area contributed by atoms with Crippen LogP contribution in [0.3, 0.4) is 0 Å². The highest BCUT2D eigenvalue weighted by atomic mass is 19.1. The predicted molar refractivity (Wildman–Crippen MR) is 72.4 cm³/mol. The van der Waals surface area contributed by atoms with Gasteiger partial charge in [0.1, 0.15) is 11.6 Å². The molecule has 19 heavy (non-hydrogen) atoms. The molecule has 2 nitrogen and oxygen atoms in total. The molecule has 0 aliphatic heterocycles. The summed E-state index contributed by atoms with van der Waals surface area (Å²) < 4.78 is 27.5. The van der Waals surface area contributed by atoms with Crippen LogP contribution >= 0.6 is 0 Å². The van der Waals surface area contributed by atoms with E-state index in [0.717, 1.165) is 19.3 Å². The number of hydrogen-bond acceptors (Lipinski definition) is 2. The van der Waals surface area contributed by atoms with Gasteiger partial charge in [0, 0.05) is 11.6 Å². The normalized spacial score (nSPS) is 19.6.